The third-order valence-corrected chi connectivity index (χ3v) is 2.79. The molecule has 0 aromatic heterocycles. The van der Waals surface area contributed by atoms with Crippen molar-refractivity contribution in [3.63, 3.8) is 0 Å². The first-order valence-electron chi connectivity index (χ1n) is 6.07. The third kappa shape index (κ3) is 4.73. The maximum absolute atomic E-state index is 10.7. The first-order valence-corrected chi connectivity index (χ1v) is 6.07. The lowest BCUT2D eigenvalue weighted by Gasteiger charge is -2.20. The Labute approximate surface area is 108 Å². The Bertz CT molecular complexity index is 357. The van der Waals surface area contributed by atoms with E-state index in [4.69, 9.17) is 10.8 Å². The Balaban J connectivity index is 2.24. The molecule has 1 aromatic rings. The number of anilines is 1. The van der Waals surface area contributed by atoms with Gasteiger partial charge in [-0.1, -0.05) is 18.2 Å². The van der Waals surface area contributed by atoms with Crippen molar-refractivity contribution in [3.8, 4) is 0 Å². The Morgan fingerprint density at radius 2 is 2.11 bits per heavy atom. The summed E-state index contributed by atoms with van der Waals surface area (Å²) in [6.45, 7) is 1.63. The monoisotopic (exact) mass is 251 g/mol. The summed E-state index contributed by atoms with van der Waals surface area (Å²) < 4.78 is 0. The highest BCUT2D eigenvalue weighted by atomic mass is 16.4. The highest BCUT2D eigenvalue weighted by Gasteiger charge is 2.13. The molecule has 5 heteroatoms. The van der Waals surface area contributed by atoms with Crippen molar-refractivity contribution in [2.45, 2.75) is 12.5 Å². The Hall–Kier alpha value is -1.59. The topological polar surface area (TPSA) is 78.6 Å². The first-order chi connectivity index (χ1) is 8.65. The summed E-state index contributed by atoms with van der Waals surface area (Å²) in [5.41, 5.74) is 6.51. The van der Waals surface area contributed by atoms with Crippen LogP contribution in [0.15, 0.2) is 30.3 Å². The largest absolute Gasteiger partial charge is 0.480 e. The van der Waals surface area contributed by atoms with E-state index in [1.54, 1.807) is 0 Å². The highest BCUT2D eigenvalue weighted by molar-refractivity contribution is 5.73. The molecule has 0 saturated carbocycles. The molecular formula is C13H21N3O2. The molecule has 18 heavy (non-hydrogen) atoms. The number of nitrogens with one attached hydrogen (secondary N) is 1. The van der Waals surface area contributed by atoms with E-state index in [9.17, 15) is 4.79 Å². The molecule has 0 radical (unpaired) electrons. The second kappa shape index (κ2) is 7.68. The van der Waals surface area contributed by atoms with Crippen LogP contribution in [0.1, 0.15) is 6.42 Å². The molecule has 0 amide bonds. The zero-order chi connectivity index (χ0) is 13.4. The Morgan fingerprint density at radius 3 is 2.67 bits per heavy atom. The van der Waals surface area contributed by atoms with Crippen LogP contribution in [-0.2, 0) is 4.79 Å². The fourth-order valence-electron chi connectivity index (χ4n) is 1.68. The number of hydrogen-bond acceptors (Lipinski definition) is 4. The molecule has 1 rings (SSSR count). The van der Waals surface area contributed by atoms with Gasteiger partial charge in [0.25, 0.3) is 0 Å². The fourth-order valence-corrected chi connectivity index (χ4v) is 1.68. The summed E-state index contributed by atoms with van der Waals surface area (Å²) in [7, 11) is 2.02. The third-order valence-electron chi connectivity index (χ3n) is 2.79. The van der Waals surface area contributed by atoms with Gasteiger partial charge in [0.15, 0.2) is 0 Å². The second-order valence-electron chi connectivity index (χ2n) is 4.19. The van der Waals surface area contributed by atoms with Crippen LogP contribution >= 0.6 is 0 Å². The minimum absolute atomic E-state index is 0.115. The van der Waals surface area contributed by atoms with Crippen LogP contribution in [0.2, 0.25) is 0 Å². The maximum Gasteiger partial charge on any atom is 0.322 e. The first kappa shape index (κ1) is 14.5. The van der Waals surface area contributed by atoms with Gasteiger partial charge in [0.1, 0.15) is 6.04 Å². The molecule has 0 aliphatic heterocycles. The number of carboxylic acids is 1. The van der Waals surface area contributed by atoms with E-state index in [-0.39, 0.29) is 6.54 Å². The predicted octanol–water partition coefficient (Wildman–Crippen LogP) is 0.514. The number of rotatable bonds is 8. The van der Waals surface area contributed by atoms with Gasteiger partial charge in [0, 0.05) is 25.8 Å². The average Bonchev–Trinajstić information content (AvgIpc) is 2.39. The zero-order valence-electron chi connectivity index (χ0n) is 10.7. The number of aliphatic carboxylic acids is 1. The summed E-state index contributed by atoms with van der Waals surface area (Å²) in [5, 5.41) is 11.7. The molecule has 0 heterocycles. The zero-order valence-corrected chi connectivity index (χ0v) is 10.7. The fraction of sp³-hybridized carbons (Fsp3) is 0.462. The van der Waals surface area contributed by atoms with Gasteiger partial charge in [0.2, 0.25) is 0 Å². The number of hydrogen-bond donors (Lipinski definition) is 3. The van der Waals surface area contributed by atoms with Crippen molar-refractivity contribution < 1.29 is 9.90 Å². The lowest BCUT2D eigenvalue weighted by Crippen LogP contribution is -2.43. The minimum Gasteiger partial charge on any atom is -0.480 e. The molecule has 1 unspecified atom stereocenters. The van der Waals surface area contributed by atoms with Gasteiger partial charge in [-0.15, -0.1) is 0 Å². The quantitative estimate of drug-likeness (QED) is 0.587. The number of carboxylic acid groups (broad SMARTS) is 1. The van der Waals surface area contributed by atoms with Gasteiger partial charge < -0.3 is 21.1 Å². The van der Waals surface area contributed by atoms with Crippen LogP contribution in [0.5, 0.6) is 0 Å². The molecule has 0 aliphatic rings. The van der Waals surface area contributed by atoms with Gasteiger partial charge in [-0.3, -0.25) is 4.79 Å². The van der Waals surface area contributed by atoms with Gasteiger partial charge in [0.05, 0.1) is 0 Å². The van der Waals surface area contributed by atoms with E-state index in [0.29, 0.717) is 6.54 Å². The molecular weight excluding hydrogens is 230 g/mol. The van der Waals surface area contributed by atoms with Crippen LogP contribution in [0.4, 0.5) is 5.69 Å². The standard InChI is InChI=1S/C13H21N3O2/c1-16(11-6-3-2-4-7-11)9-5-8-15-12(10-14)13(17)18/h2-4,6-7,12,15H,5,8-10,14H2,1H3,(H,17,18). The van der Waals surface area contributed by atoms with Crippen molar-refractivity contribution in [2.75, 3.05) is 31.6 Å². The minimum atomic E-state index is -0.895. The SMILES string of the molecule is CN(CCCNC(CN)C(=O)O)c1ccccc1. The van der Waals surface area contributed by atoms with Gasteiger partial charge in [-0.25, -0.2) is 0 Å². The summed E-state index contributed by atoms with van der Waals surface area (Å²) in [4.78, 5) is 12.9. The van der Waals surface area contributed by atoms with Crippen LogP contribution < -0.4 is 16.0 Å². The average molecular weight is 251 g/mol. The second-order valence-corrected chi connectivity index (χ2v) is 4.19. The van der Waals surface area contributed by atoms with E-state index in [0.717, 1.165) is 18.7 Å². The van der Waals surface area contributed by atoms with E-state index < -0.39 is 12.0 Å². The normalized spacial score (nSPS) is 12.1. The van der Waals surface area contributed by atoms with Crippen molar-refractivity contribution in [1.29, 1.82) is 0 Å². The summed E-state index contributed by atoms with van der Waals surface area (Å²) in [6, 6.07) is 9.43. The predicted molar refractivity (Wildman–Crippen MR) is 72.8 cm³/mol. The number of nitrogens with zero attached hydrogens (tertiary/aromatic N) is 1. The summed E-state index contributed by atoms with van der Waals surface area (Å²) in [6.07, 6.45) is 0.870. The molecule has 1 atom stereocenters. The Morgan fingerprint density at radius 1 is 1.44 bits per heavy atom. The van der Waals surface area contributed by atoms with Crippen LogP contribution in [0, 0.1) is 0 Å². The molecule has 100 valence electrons. The van der Waals surface area contributed by atoms with Crippen molar-refractivity contribution in [2.24, 2.45) is 5.73 Å². The molecule has 0 aliphatic carbocycles. The number of carbonyl (C=O) groups is 1. The molecule has 0 saturated heterocycles. The van der Waals surface area contributed by atoms with E-state index >= 15 is 0 Å². The molecule has 5 nitrogen and oxygen atoms in total. The molecule has 0 fully saturated rings. The Kier molecular flexibility index (Phi) is 6.18. The van der Waals surface area contributed by atoms with Crippen molar-refractivity contribution in [1.82, 2.24) is 5.32 Å². The van der Waals surface area contributed by atoms with Crippen LogP contribution in [0.3, 0.4) is 0 Å². The number of nitrogens with two attached hydrogens (primary N) is 1. The molecule has 0 spiro atoms. The highest BCUT2D eigenvalue weighted by Crippen LogP contribution is 2.10. The van der Waals surface area contributed by atoms with E-state index in [2.05, 4.69) is 10.2 Å². The van der Waals surface area contributed by atoms with Crippen LogP contribution in [-0.4, -0.2) is 43.8 Å². The van der Waals surface area contributed by atoms with Gasteiger partial charge in [-0.2, -0.15) is 0 Å². The van der Waals surface area contributed by atoms with Gasteiger partial charge in [-0.05, 0) is 25.1 Å². The van der Waals surface area contributed by atoms with Crippen molar-refractivity contribution in [3.05, 3.63) is 30.3 Å². The van der Waals surface area contributed by atoms with E-state index in [1.807, 2.05) is 37.4 Å². The van der Waals surface area contributed by atoms with E-state index in [1.165, 1.54) is 0 Å². The smallest absolute Gasteiger partial charge is 0.322 e. The van der Waals surface area contributed by atoms with Crippen molar-refractivity contribution >= 4 is 11.7 Å². The van der Waals surface area contributed by atoms with Crippen LogP contribution in [0.25, 0.3) is 0 Å². The molecule has 1 aromatic carbocycles. The summed E-state index contributed by atoms with van der Waals surface area (Å²) in [5.74, 6) is -0.895. The van der Waals surface area contributed by atoms with Gasteiger partial charge >= 0.3 is 5.97 Å². The molecule has 0 bridgehead atoms. The number of para-hydroxylation sites is 1. The molecule has 4 N–H and O–H groups in total. The lowest BCUT2D eigenvalue weighted by atomic mass is 10.2. The number of benzene rings is 1. The lowest BCUT2D eigenvalue weighted by molar-refractivity contribution is -0.139. The maximum atomic E-state index is 10.7. The summed E-state index contributed by atoms with van der Waals surface area (Å²) >= 11 is 0.